The van der Waals surface area contributed by atoms with E-state index in [2.05, 4.69) is 23.5 Å². The highest BCUT2D eigenvalue weighted by molar-refractivity contribution is 7.92. The third-order valence-electron chi connectivity index (χ3n) is 6.63. The van der Waals surface area contributed by atoms with Crippen LogP contribution in [0, 0.1) is 12.8 Å². The summed E-state index contributed by atoms with van der Waals surface area (Å²) in [6.45, 7) is 10.6. The average Bonchev–Trinajstić information content (AvgIpc) is 2.80. The van der Waals surface area contributed by atoms with Gasteiger partial charge in [0.1, 0.15) is 0 Å². The monoisotopic (exact) mass is 485 g/mol. The van der Waals surface area contributed by atoms with E-state index in [1.165, 1.54) is 12.1 Å². The lowest BCUT2D eigenvalue weighted by molar-refractivity contribution is -0.0728. The van der Waals surface area contributed by atoms with Crippen LogP contribution in [0.4, 0.5) is 5.69 Å². The number of sulfonamides is 1. The molecule has 2 heterocycles. The summed E-state index contributed by atoms with van der Waals surface area (Å²) in [5.41, 5.74) is 2.08. The van der Waals surface area contributed by atoms with Crippen LogP contribution in [0.5, 0.6) is 0 Å². The van der Waals surface area contributed by atoms with E-state index in [-0.39, 0.29) is 23.0 Å². The van der Waals surface area contributed by atoms with Gasteiger partial charge in [-0.05, 0) is 75.9 Å². The van der Waals surface area contributed by atoms with Gasteiger partial charge < -0.3 is 9.64 Å². The van der Waals surface area contributed by atoms with Crippen LogP contribution < -0.4 is 4.72 Å². The molecule has 2 aromatic carbocycles. The van der Waals surface area contributed by atoms with Crippen molar-refractivity contribution >= 4 is 21.6 Å². The number of aryl methyl sites for hydroxylation is 1. The van der Waals surface area contributed by atoms with Crippen molar-refractivity contribution in [2.24, 2.45) is 5.92 Å². The summed E-state index contributed by atoms with van der Waals surface area (Å²) in [5.74, 6) is 0.546. The Morgan fingerprint density at radius 1 is 0.971 bits per heavy atom. The lowest BCUT2D eigenvalue weighted by atomic mass is 9.95. The van der Waals surface area contributed by atoms with Crippen molar-refractivity contribution < 1.29 is 17.9 Å². The highest BCUT2D eigenvalue weighted by atomic mass is 32.2. The molecule has 0 bridgehead atoms. The summed E-state index contributed by atoms with van der Waals surface area (Å²) in [6, 6.07) is 13.4. The van der Waals surface area contributed by atoms with E-state index < -0.39 is 10.0 Å². The van der Waals surface area contributed by atoms with E-state index in [0.29, 0.717) is 17.2 Å². The van der Waals surface area contributed by atoms with Crippen LogP contribution in [-0.2, 0) is 14.8 Å². The fourth-order valence-corrected chi connectivity index (χ4v) is 5.97. The van der Waals surface area contributed by atoms with Crippen LogP contribution in [0.2, 0.25) is 0 Å². The molecule has 7 nitrogen and oxygen atoms in total. The van der Waals surface area contributed by atoms with Gasteiger partial charge >= 0.3 is 0 Å². The number of rotatable bonds is 6. The second-order valence-corrected chi connectivity index (χ2v) is 11.4. The van der Waals surface area contributed by atoms with Gasteiger partial charge in [-0.1, -0.05) is 17.7 Å². The molecule has 0 aliphatic carbocycles. The quantitative estimate of drug-likeness (QED) is 0.674. The first-order chi connectivity index (χ1) is 16.2. The maximum absolute atomic E-state index is 13.0. The second kappa shape index (κ2) is 10.5. The largest absolute Gasteiger partial charge is 0.373 e. The summed E-state index contributed by atoms with van der Waals surface area (Å²) >= 11 is 0. The molecule has 34 heavy (non-hydrogen) atoms. The number of nitrogens with zero attached hydrogens (tertiary/aromatic N) is 2. The summed E-state index contributed by atoms with van der Waals surface area (Å²) in [5, 5.41) is 0. The van der Waals surface area contributed by atoms with Gasteiger partial charge in [0.25, 0.3) is 15.9 Å². The van der Waals surface area contributed by atoms with Gasteiger partial charge in [0.05, 0.1) is 17.1 Å². The summed E-state index contributed by atoms with van der Waals surface area (Å²) in [6.07, 6.45) is 2.51. The van der Waals surface area contributed by atoms with Crippen LogP contribution in [-0.4, -0.2) is 69.1 Å². The zero-order valence-corrected chi connectivity index (χ0v) is 21.1. The Balaban J connectivity index is 1.31. The molecule has 2 unspecified atom stereocenters. The Bertz CT molecular complexity index is 1070. The number of anilines is 1. The topological polar surface area (TPSA) is 79.0 Å². The van der Waals surface area contributed by atoms with Crippen molar-refractivity contribution in [1.29, 1.82) is 0 Å². The maximum Gasteiger partial charge on any atom is 0.261 e. The third-order valence-corrected chi connectivity index (χ3v) is 8.03. The molecule has 8 heteroatoms. The Morgan fingerprint density at radius 2 is 1.56 bits per heavy atom. The predicted molar refractivity (Wildman–Crippen MR) is 134 cm³/mol. The number of ether oxygens (including phenoxy) is 1. The molecule has 0 radical (unpaired) electrons. The lowest BCUT2D eigenvalue weighted by Crippen LogP contribution is -2.48. The Hall–Kier alpha value is -2.42. The van der Waals surface area contributed by atoms with Crippen molar-refractivity contribution in [3.05, 3.63) is 59.7 Å². The van der Waals surface area contributed by atoms with E-state index in [1.807, 2.05) is 24.0 Å². The molecule has 2 aliphatic heterocycles. The van der Waals surface area contributed by atoms with Gasteiger partial charge in [0.2, 0.25) is 0 Å². The zero-order chi connectivity index (χ0) is 24.3. The van der Waals surface area contributed by atoms with E-state index in [1.54, 1.807) is 24.3 Å². The summed E-state index contributed by atoms with van der Waals surface area (Å²) < 4.78 is 33.8. The Labute approximate surface area is 203 Å². The van der Waals surface area contributed by atoms with Crippen molar-refractivity contribution in [2.75, 3.05) is 37.4 Å². The number of morpholine rings is 1. The summed E-state index contributed by atoms with van der Waals surface area (Å²) in [4.78, 5) is 17.5. The van der Waals surface area contributed by atoms with Crippen molar-refractivity contribution in [3.8, 4) is 0 Å². The molecular formula is C26H35N3O4S. The molecule has 4 rings (SSSR count). The number of benzene rings is 2. The van der Waals surface area contributed by atoms with Crippen LogP contribution in [0.15, 0.2) is 53.4 Å². The van der Waals surface area contributed by atoms with Crippen LogP contribution in [0.1, 0.15) is 42.6 Å². The molecule has 2 aliphatic rings. The minimum absolute atomic E-state index is 0.0393. The molecule has 0 spiro atoms. The lowest BCUT2D eigenvalue weighted by Gasteiger charge is -2.39. The Morgan fingerprint density at radius 3 is 2.15 bits per heavy atom. The smallest absolute Gasteiger partial charge is 0.261 e. The van der Waals surface area contributed by atoms with Gasteiger partial charge in [-0.3, -0.25) is 14.4 Å². The molecule has 2 saturated heterocycles. The van der Waals surface area contributed by atoms with Gasteiger partial charge in [0.15, 0.2) is 0 Å². The van der Waals surface area contributed by atoms with Gasteiger partial charge in [-0.2, -0.15) is 0 Å². The average molecular weight is 486 g/mol. The van der Waals surface area contributed by atoms with E-state index in [9.17, 15) is 13.2 Å². The van der Waals surface area contributed by atoms with Crippen molar-refractivity contribution in [3.63, 3.8) is 0 Å². The number of nitrogens with one attached hydrogen (secondary N) is 1. The molecule has 2 atom stereocenters. The number of hydrogen-bond donors (Lipinski definition) is 1. The molecule has 2 aromatic rings. The fraction of sp³-hybridized carbons (Fsp3) is 0.500. The molecule has 0 saturated carbocycles. The Kier molecular flexibility index (Phi) is 7.60. The number of hydrogen-bond acceptors (Lipinski definition) is 5. The van der Waals surface area contributed by atoms with Crippen LogP contribution in [0.25, 0.3) is 0 Å². The first-order valence-corrected chi connectivity index (χ1v) is 13.5. The highest BCUT2D eigenvalue weighted by Gasteiger charge is 2.28. The van der Waals surface area contributed by atoms with Gasteiger partial charge in [-0.15, -0.1) is 0 Å². The fourth-order valence-electron chi connectivity index (χ4n) is 4.91. The molecule has 2 fully saturated rings. The highest BCUT2D eigenvalue weighted by Crippen LogP contribution is 2.23. The van der Waals surface area contributed by atoms with Crippen molar-refractivity contribution in [2.45, 2.75) is 50.7 Å². The van der Waals surface area contributed by atoms with Crippen LogP contribution >= 0.6 is 0 Å². The first-order valence-electron chi connectivity index (χ1n) is 12.1. The number of piperidine rings is 1. The molecular weight excluding hydrogens is 450 g/mol. The van der Waals surface area contributed by atoms with Gasteiger partial charge in [-0.25, -0.2) is 8.42 Å². The van der Waals surface area contributed by atoms with E-state index in [4.69, 9.17) is 4.74 Å². The zero-order valence-electron chi connectivity index (χ0n) is 20.2. The van der Waals surface area contributed by atoms with Crippen LogP contribution in [0.3, 0.4) is 0 Å². The predicted octanol–water partition coefficient (Wildman–Crippen LogP) is 3.76. The molecule has 1 N–H and O–H groups in total. The SMILES string of the molecule is Cc1ccc(NS(=O)(=O)c2ccc(C(=O)N3CCC(CN4CC(C)OC(C)C4)CC3)cc2)cc1. The van der Waals surface area contributed by atoms with Crippen molar-refractivity contribution in [1.82, 2.24) is 9.80 Å². The molecule has 1 amide bonds. The number of carbonyl (C=O) groups excluding carboxylic acids is 1. The normalized spacial score (nSPS) is 22.5. The van der Waals surface area contributed by atoms with E-state index >= 15 is 0 Å². The minimum Gasteiger partial charge on any atom is -0.373 e. The second-order valence-electron chi connectivity index (χ2n) is 9.71. The first kappa shape index (κ1) is 24.7. The molecule has 0 aromatic heterocycles. The number of carbonyl (C=O) groups is 1. The maximum atomic E-state index is 13.0. The number of likely N-dealkylation sites (tertiary alicyclic amines) is 1. The van der Waals surface area contributed by atoms with Gasteiger partial charge in [0, 0.05) is 44.0 Å². The minimum atomic E-state index is -3.71. The van der Waals surface area contributed by atoms with E-state index in [0.717, 1.165) is 51.1 Å². The standard InChI is InChI=1S/C26H35N3O4S/c1-19-4-8-24(9-5-19)27-34(31,32)25-10-6-23(7-11-25)26(30)29-14-12-22(13-15-29)18-28-16-20(2)33-21(3)17-28/h4-11,20-22,27H,12-18H2,1-3H3. The number of amides is 1. The third kappa shape index (κ3) is 6.17. The summed E-state index contributed by atoms with van der Waals surface area (Å²) in [7, 11) is -3.71. The molecule has 184 valence electrons.